The molecule has 27 heteroatoms. The molecule has 0 bridgehead atoms. The summed E-state index contributed by atoms with van der Waals surface area (Å²) < 4.78 is 39.9. The molecule has 15 nitrogen and oxygen atoms in total. The van der Waals surface area contributed by atoms with Crippen LogP contribution in [0.3, 0.4) is 0 Å². The lowest BCUT2D eigenvalue weighted by atomic mass is 9.99. The van der Waals surface area contributed by atoms with Gasteiger partial charge in [0.05, 0.1) is 10.8 Å². The Kier molecular flexibility index (Phi) is 19.8. The van der Waals surface area contributed by atoms with Crippen LogP contribution in [0.15, 0.2) is 60.7 Å². The lowest BCUT2D eigenvalue weighted by Crippen LogP contribution is -2.55. The number of rotatable bonds is 26. The van der Waals surface area contributed by atoms with Gasteiger partial charge in [-0.2, -0.15) is 13.7 Å². The van der Waals surface area contributed by atoms with E-state index in [0.717, 1.165) is 36.4 Å². The maximum atomic E-state index is 11.1. The quantitative estimate of drug-likeness (QED) is 0.0110. The van der Waals surface area contributed by atoms with Gasteiger partial charge >= 0.3 is 0 Å². The van der Waals surface area contributed by atoms with Crippen LogP contribution in [0.25, 0.3) is 33.7 Å². The number of ether oxygens (including phenoxy) is 4. The van der Waals surface area contributed by atoms with Crippen LogP contribution in [0.1, 0.15) is 25.0 Å². The first-order chi connectivity index (χ1) is 34.3. The van der Waals surface area contributed by atoms with Crippen molar-refractivity contribution in [3.05, 3.63) is 83.4 Å². The van der Waals surface area contributed by atoms with Gasteiger partial charge in [-0.1, -0.05) is 67.8 Å². The molecule has 4 heterocycles. The van der Waals surface area contributed by atoms with Crippen LogP contribution < -0.4 is 44.9 Å². The maximum absolute atomic E-state index is 11.1. The molecule has 7 aromatic rings. The van der Waals surface area contributed by atoms with Crippen molar-refractivity contribution in [2.24, 2.45) is 5.92 Å². The normalized spacial score (nSPS) is 16.5. The Morgan fingerprint density at radius 3 is 1.66 bits per heavy atom. The highest BCUT2D eigenvalue weighted by molar-refractivity contribution is 8.83. The second kappa shape index (κ2) is 25.9. The summed E-state index contributed by atoms with van der Waals surface area (Å²) in [5.41, 5.74) is 0.893. The topological polar surface area (TPSA) is 196 Å². The Morgan fingerprint density at radius 1 is 0.648 bits per heavy atom. The summed E-state index contributed by atoms with van der Waals surface area (Å²) in [5, 5.41) is 50.1. The van der Waals surface area contributed by atoms with E-state index < -0.39 is 24.0 Å². The molecule has 1 fully saturated rings. The fraction of sp³-hybridized carbons (Fsp3) is 0.341. The molecule has 5 atom stereocenters. The van der Waals surface area contributed by atoms with Gasteiger partial charge in [-0.05, 0) is 152 Å². The van der Waals surface area contributed by atoms with Gasteiger partial charge in [0.1, 0.15) is 74.4 Å². The van der Waals surface area contributed by atoms with E-state index in [-0.39, 0.29) is 45.4 Å². The van der Waals surface area contributed by atoms with Crippen molar-refractivity contribution in [1.82, 2.24) is 23.8 Å². The fourth-order valence-corrected chi connectivity index (χ4v) is 15.0. The third-order valence-electron chi connectivity index (χ3n) is 10.6. The Labute approximate surface area is 460 Å². The monoisotopic (exact) mass is 1180 g/mol. The van der Waals surface area contributed by atoms with E-state index in [2.05, 4.69) is 46.6 Å². The molecule has 0 spiro atoms. The van der Waals surface area contributed by atoms with Crippen LogP contribution in [0.2, 0.25) is 0 Å². The molecule has 4 aromatic carbocycles. The summed E-state index contributed by atoms with van der Waals surface area (Å²) >= 11 is 21.4. The van der Waals surface area contributed by atoms with Gasteiger partial charge in [-0.15, -0.1) is 0 Å². The number of aromatic nitrogens is 3. The molecule has 0 saturated carbocycles. The number of nitrogens with one attached hydrogen (secondary N) is 5. The lowest BCUT2D eigenvalue weighted by molar-refractivity contribution is 0.102. The average molecular weight is 1180 g/mol. The van der Waals surface area contributed by atoms with Gasteiger partial charge < -0.3 is 50.2 Å². The van der Waals surface area contributed by atoms with E-state index in [9.17, 15) is 15.3 Å². The Bertz CT molecular complexity index is 3140. The average Bonchev–Trinajstić information content (AvgIpc) is 4.18. The van der Waals surface area contributed by atoms with Gasteiger partial charge in [0, 0.05) is 64.3 Å². The molecule has 8 rings (SSSR count). The largest absolute Gasteiger partial charge is 0.493 e. The van der Waals surface area contributed by atoms with Crippen LogP contribution in [0.5, 0.6) is 23.0 Å². The maximum Gasteiger partial charge on any atom is 0.194 e. The Balaban J connectivity index is 1.09. The third kappa shape index (κ3) is 15.0. The highest BCUT2D eigenvalue weighted by Gasteiger charge is 2.35. The highest BCUT2D eigenvalue weighted by atomic mass is 33.1. The minimum absolute atomic E-state index is 0.0231. The predicted molar refractivity (Wildman–Crippen MR) is 311 cm³/mol. The van der Waals surface area contributed by atoms with E-state index in [0.29, 0.717) is 65.0 Å². The molecule has 376 valence electrons. The first kappa shape index (κ1) is 54.2. The Morgan fingerprint density at radius 2 is 1.17 bits per heavy atom. The predicted octanol–water partition coefficient (Wildman–Crippen LogP) is 11.0. The molecule has 0 aliphatic carbocycles. The molecule has 1 saturated heterocycles. The molecule has 3 aromatic heterocycles. The number of fused-ring (bicyclic) bond motifs is 2. The highest BCUT2D eigenvalue weighted by Crippen LogP contribution is 2.38. The zero-order valence-electron chi connectivity index (χ0n) is 37.6. The van der Waals surface area contributed by atoms with E-state index in [1.54, 1.807) is 0 Å². The van der Waals surface area contributed by atoms with Gasteiger partial charge in [0.15, 0.2) is 20.7 Å². The Hall–Kier alpha value is -3.07. The van der Waals surface area contributed by atoms with Crippen molar-refractivity contribution >= 4 is 188 Å². The second-order valence-electron chi connectivity index (χ2n) is 16.2. The smallest absolute Gasteiger partial charge is 0.194 e. The summed E-state index contributed by atoms with van der Waals surface area (Å²) in [6.45, 7) is 5.71. The summed E-state index contributed by atoms with van der Waals surface area (Å²) in [7, 11) is 11.3. The molecular formula is C44H46N8O7S12. The molecule has 0 amide bonds. The number of benzene rings is 4. The van der Waals surface area contributed by atoms with Gasteiger partial charge in [-0.3, -0.25) is 5.32 Å². The van der Waals surface area contributed by atoms with Crippen molar-refractivity contribution in [2.45, 2.75) is 37.8 Å². The zero-order chi connectivity index (χ0) is 49.9. The third-order valence-corrected chi connectivity index (χ3v) is 21.0. The number of aliphatic hydroxyl groups excluding tert-OH is 3. The van der Waals surface area contributed by atoms with Crippen molar-refractivity contribution in [3.8, 4) is 23.0 Å². The number of anilines is 3. The summed E-state index contributed by atoms with van der Waals surface area (Å²) in [6.07, 6.45) is 1.39. The van der Waals surface area contributed by atoms with Crippen LogP contribution in [-0.4, -0.2) is 110 Å². The summed E-state index contributed by atoms with van der Waals surface area (Å²) in [5.74, 6) is 3.48. The van der Waals surface area contributed by atoms with Gasteiger partial charge in [-0.25, -0.2) is 4.72 Å². The standard InChI is InChI=1S/C44H46N8O7S12/c1-23(15-47-42-49-43(63)68-67-42)19-58-35-11-5-24-3-7-29(56-20-26(53)16-45-37-39(60)64-69-50-37)13-33(24)31(35)9-10-32-34-14-30(57-21-28(55)18-48-44(2)41(62)66-71-52-44)8-4-25(34)6-12-36(32)59-22-27(54)17-46-38-40(61)65-70-51-38/h3-14,23,26-28,48,52-55H,15-22H2,1-2H3,(H,45,50)(H,46,51)(H,47,49,63)/b10-9+. The molecule has 1 aliphatic rings. The second-order valence-corrected chi connectivity index (χ2v) is 26.6. The van der Waals surface area contributed by atoms with Gasteiger partial charge in [0.2, 0.25) is 0 Å². The molecule has 8 N–H and O–H groups in total. The number of thiocarbonyl (C=S) groups is 1. The van der Waals surface area contributed by atoms with Crippen molar-refractivity contribution < 1.29 is 34.3 Å². The summed E-state index contributed by atoms with van der Waals surface area (Å²) in [4.78, 5) is 4.38. The zero-order valence-corrected chi connectivity index (χ0v) is 47.4. The van der Waals surface area contributed by atoms with Crippen LogP contribution in [0, 0.1) is 17.5 Å². The first-order valence-electron chi connectivity index (χ1n) is 21.7. The molecule has 0 radical (unpaired) electrons. The number of hydrogen-bond acceptors (Lipinski definition) is 27. The van der Waals surface area contributed by atoms with Gasteiger partial charge in [0.25, 0.3) is 0 Å². The van der Waals surface area contributed by atoms with Crippen LogP contribution >= 0.6 is 133 Å². The number of aliphatic hydroxyl groups is 3. The first-order valence-corrected chi connectivity index (χ1v) is 31.8. The van der Waals surface area contributed by atoms with E-state index >= 15 is 0 Å². The number of nitrogens with zero attached hydrogens (tertiary/aromatic N) is 3. The SMILES string of the molecule is CC(CNc1nc(=S)ss1)COc1ccc2ccc(OCC(O)CNc3nssc3=S)cc2c1/C=C/c1c(OCC(O)CNc2nssc2=S)ccc2ccc(OCC(O)CNC3(C)NSSC3=S)cc12. The fourth-order valence-electron chi connectivity index (χ4n) is 6.78. The van der Waals surface area contributed by atoms with Crippen LogP contribution in [0.4, 0.5) is 16.8 Å². The summed E-state index contributed by atoms with van der Waals surface area (Å²) in [6, 6.07) is 19.3. The molecule has 71 heavy (non-hydrogen) atoms. The van der Waals surface area contributed by atoms with E-state index in [1.807, 2.05) is 79.7 Å². The molecule has 5 unspecified atom stereocenters. The molecule has 1 aliphatic heterocycles. The van der Waals surface area contributed by atoms with Crippen molar-refractivity contribution in [2.75, 3.05) is 68.6 Å². The van der Waals surface area contributed by atoms with E-state index in [4.69, 9.17) is 67.8 Å². The lowest BCUT2D eigenvalue weighted by Gasteiger charge is -2.26. The number of hydrogen-bond donors (Lipinski definition) is 8. The van der Waals surface area contributed by atoms with Crippen LogP contribution in [-0.2, 0) is 0 Å². The minimum atomic E-state index is -0.898. The van der Waals surface area contributed by atoms with Crippen molar-refractivity contribution in [1.29, 1.82) is 0 Å². The minimum Gasteiger partial charge on any atom is -0.493 e. The van der Waals surface area contributed by atoms with E-state index in [1.165, 1.54) is 84.2 Å². The molecular weight excluding hydrogens is 1140 g/mol. The van der Waals surface area contributed by atoms with Crippen molar-refractivity contribution in [3.63, 3.8) is 0 Å².